The van der Waals surface area contributed by atoms with Crippen LogP contribution in [0.15, 0.2) is 55.2 Å². The van der Waals surface area contributed by atoms with Gasteiger partial charge in [-0.2, -0.15) is 0 Å². The molecule has 1 aliphatic rings. The van der Waals surface area contributed by atoms with Crippen LogP contribution in [-0.4, -0.2) is 40.1 Å². The molecule has 0 aliphatic heterocycles. The normalized spacial score (nSPS) is 13.3. The maximum Gasteiger partial charge on any atom is 0.282 e. The quantitative estimate of drug-likeness (QED) is 0.325. The minimum absolute atomic E-state index is 0.0678. The molecule has 0 radical (unpaired) electrons. The first-order valence-electron chi connectivity index (χ1n) is 10.9. The summed E-state index contributed by atoms with van der Waals surface area (Å²) in [6.07, 6.45) is 7.41. The highest BCUT2D eigenvalue weighted by Crippen LogP contribution is 2.39. The molecular weight excluding hydrogens is 436 g/mol. The number of nitro groups is 1. The number of hydrogen-bond donors (Lipinski definition) is 1. The van der Waals surface area contributed by atoms with Gasteiger partial charge in [0.25, 0.3) is 11.6 Å². The molecule has 0 saturated heterocycles. The topological polar surface area (TPSA) is 134 Å². The molecule has 3 heterocycles. The van der Waals surface area contributed by atoms with Crippen LogP contribution in [0.4, 0.5) is 11.5 Å². The van der Waals surface area contributed by atoms with E-state index in [1.807, 2.05) is 24.6 Å². The number of hydrogen-bond acceptors (Lipinski definition) is 7. The number of nitrogens with zero attached hydrogens (tertiary/aromatic N) is 7. The predicted octanol–water partition coefficient (Wildman–Crippen LogP) is 4.14. The molecule has 34 heavy (non-hydrogen) atoms. The van der Waals surface area contributed by atoms with Gasteiger partial charge in [-0.25, -0.2) is 9.97 Å². The zero-order valence-corrected chi connectivity index (χ0v) is 18.6. The molecular formula is C23H22N8O3. The molecule has 0 atom stereocenters. The van der Waals surface area contributed by atoms with Crippen LogP contribution in [-0.2, 0) is 0 Å². The standard InChI is InChI=1S/C23H22N8O3/c1-14(2)30-13-25-28-22(30)18-4-3-5-21(26-18)27-23(32)17-10-16(8-9-20(17)31(33)34)29-11-19(24-12-29)15-6-7-15/h3-5,8-15H,6-7H2,1-2H3,(H,26,27,32). The number of carbonyl (C=O) groups is 1. The minimum atomic E-state index is -0.633. The van der Waals surface area contributed by atoms with Gasteiger partial charge in [0.05, 0.1) is 16.9 Å². The lowest BCUT2D eigenvalue weighted by atomic mass is 10.1. The Morgan fingerprint density at radius 3 is 2.76 bits per heavy atom. The third-order valence-corrected chi connectivity index (χ3v) is 5.67. The van der Waals surface area contributed by atoms with Gasteiger partial charge in [0.15, 0.2) is 5.82 Å². The molecule has 11 heteroatoms. The lowest BCUT2D eigenvalue weighted by molar-refractivity contribution is -0.385. The van der Waals surface area contributed by atoms with Crippen molar-refractivity contribution in [1.82, 2.24) is 29.3 Å². The predicted molar refractivity (Wildman–Crippen MR) is 124 cm³/mol. The minimum Gasteiger partial charge on any atom is -0.310 e. The van der Waals surface area contributed by atoms with Crippen LogP contribution in [0.3, 0.4) is 0 Å². The maximum atomic E-state index is 13.1. The van der Waals surface area contributed by atoms with E-state index in [4.69, 9.17) is 0 Å². The van der Waals surface area contributed by atoms with Crippen LogP contribution in [0.1, 0.15) is 54.7 Å². The fraction of sp³-hybridized carbons (Fsp3) is 0.261. The molecule has 5 rings (SSSR count). The van der Waals surface area contributed by atoms with E-state index in [0.29, 0.717) is 23.1 Å². The van der Waals surface area contributed by atoms with E-state index in [2.05, 4.69) is 25.5 Å². The third kappa shape index (κ3) is 4.15. The van der Waals surface area contributed by atoms with Gasteiger partial charge in [0, 0.05) is 29.9 Å². The molecule has 1 aliphatic carbocycles. The molecule has 0 bridgehead atoms. The van der Waals surface area contributed by atoms with Crippen molar-refractivity contribution in [1.29, 1.82) is 0 Å². The second-order valence-corrected chi connectivity index (χ2v) is 8.46. The Balaban J connectivity index is 1.45. The summed E-state index contributed by atoms with van der Waals surface area (Å²) in [5.74, 6) is 0.651. The highest BCUT2D eigenvalue weighted by Gasteiger charge is 2.26. The molecule has 1 N–H and O–H groups in total. The molecule has 0 unspecified atom stereocenters. The van der Waals surface area contributed by atoms with Crippen LogP contribution in [0.5, 0.6) is 0 Å². The summed E-state index contributed by atoms with van der Waals surface area (Å²) < 4.78 is 3.63. The van der Waals surface area contributed by atoms with Crippen LogP contribution in [0.2, 0.25) is 0 Å². The van der Waals surface area contributed by atoms with Gasteiger partial charge >= 0.3 is 0 Å². The SMILES string of the molecule is CC(C)n1cnnc1-c1cccc(NC(=O)c2cc(-n3cnc(C4CC4)c3)ccc2[N+](=O)[O-])n1. The Hall–Kier alpha value is -4.41. The fourth-order valence-corrected chi connectivity index (χ4v) is 3.71. The lowest BCUT2D eigenvalue weighted by Gasteiger charge is -2.11. The first kappa shape index (κ1) is 21.4. The van der Waals surface area contributed by atoms with Crippen molar-refractivity contribution in [2.45, 2.75) is 38.6 Å². The summed E-state index contributed by atoms with van der Waals surface area (Å²) in [7, 11) is 0. The molecule has 3 aromatic heterocycles. The summed E-state index contributed by atoms with van der Waals surface area (Å²) in [5.41, 5.74) is 1.76. The molecule has 1 fully saturated rings. The summed E-state index contributed by atoms with van der Waals surface area (Å²) in [4.78, 5) is 33.0. The number of pyridine rings is 1. The number of nitro benzene ring substituents is 1. The second kappa shape index (κ2) is 8.50. The Labute approximate surface area is 194 Å². The number of aromatic nitrogens is 6. The van der Waals surface area contributed by atoms with Crippen LogP contribution >= 0.6 is 0 Å². The number of carbonyl (C=O) groups excluding carboxylic acids is 1. The molecule has 4 aromatic rings. The molecule has 11 nitrogen and oxygen atoms in total. The van der Waals surface area contributed by atoms with Crippen molar-refractivity contribution in [3.63, 3.8) is 0 Å². The van der Waals surface area contributed by atoms with E-state index in [1.165, 1.54) is 12.1 Å². The van der Waals surface area contributed by atoms with Crippen molar-refractivity contribution in [3.8, 4) is 17.2 Å². The Kier molecular flexibility index (Phi) is 5.36. The van der Waals surface area contributed by atoms with Gasteiger partial charge < -0.3 is 14.5 Å². The highest BCUT2D eigenvalue weighted by molar-refractivity contribution is 6.07. The number of anilines is 1. The van der Waals surface area contributed by atoms with E-state index in [9.17, 15) is 14.9 Å². The Bertz CT molecular complexity index is 1390. The van der Waals surface area contributed by atoms with E-state index in [1.54, 1.807) is 41.5 Å². The molecule has 1 amide bonds. The monoisotopic (exact) mass is 458 g/mol. The van der Waals surface area contributed by atoms with Gasteiger partial charge in [0.1, 0.15) is 23.4 Å². The zero-order valence-electron chi connectivity index (χ0n) is 18.6. The first-order chi connectivity index (χ1) is 16.4. The van der Waals surface area contributed by atoms with E-state index in [0.717, 1.165) is 18.5 Å². The van der Waals surface area contributed by atoms with Crippen molar-refractivity contribution in [3.05, 3.63) is 76.6 Å². The number of benzene rings is 1. The van der Waals surface area contributed by atoms with E-state index in [-0.39, 0.29) is 23.1 Å². The zero-order chi connectivity index (χ0) is 23.8. The van der Waals surface area contributed by atoms with Crippen LogP contribution < -0.4 is 5.32 Å². The summed E-state index contributed by atoms with van der Waals surface area (Å²) in [5, 5.41) is 22.4. The largest absolute Gasteiger partial charge is 0.310 e. The number of rotatable bonds is 7. The lowest BCUT2D eigenvalue weighted by Crippen LogP contribution is -2.15. The first-order valence-corrected chi connectivity index (χ1v) is 10.9. The van der Waals surface area contributed by atoms with Crippen molar-refractivity contribution in [2.24, 2.45) is 0 Å². The number of nitrogens with one attached hydrogen (secondary N) is 1. The highest BCUT2D eigenvalue weighted by atomic mass is 16.6. The van der Waals surface area contributed by atoms with Gasteiger partial charge in [-0.3, -0.25) is 14.9 Å². The summed E-state index contributed by atoms with van der Waals surface area (Å²) >= 11 is 0. The molecule has 1 aromatic carbocycles. The smallest absolute Gasteiger partial charge is 0.282 e. The van der Waals surface area contributed by atoms with Crippen molar-refractivity contribution >= 4 is 17.4 Å². The third-order valence-electron chi connectivity index (χ3n) is 5.67. The number of amides is 1. The second-order valence-electron chi connectivity index (χ2n) is 8.46. The van der Waals surface area contributed by atoms with Gasteiger partial charge in [-0.05, 0) is 51.0 Å². The molecule has 0 spiro atoms. The molecule has 172 valence electrons. The fourth-order valence-electron chi connectivity index (χ4n) is 3.71. The summed E-state index contributed by atoms with van der Waals surface area (Å²) in [6.45, 7) is 4.00. The summed E-state index contributed by atoms with van der Waals surface area (Å²) in [6, 6.07) is 9.65. The average Bonchev–Trinajstić information content (AvgIpc) is 3.33. The van der Waals surface area contributed by atoms with Crippen LogP contribution in [0.25, 0.3) is 17.2 Å². The van der Waals surface area contributed by atoms with E-state index < -0.39 is 10.8 Å². The Morgan fingerprint density at radius 1 is 1.21 bits per heavy atom. The van der Waals surface area contributed by atoms with Gasteiger partial charge in [-0.15, -0.1) is 10.2 Å². The Morgan fingerprint density at radius 2 is 2.03 bits per heavy atom. The average molecular weight is 458 g/mol. The number of imidazole rings is 1. The molecule has 1 saturated carbocycles. The van der Waals surface area contributed by atoms with E-state index >= 15 is 0 Å². The van der Waals surface area contributed by atoms with Crippen molar-refractivity contribution in [2.75, 3.05) is 5.32 Å². The van der Waals surface area contributed by atoms with Gasteiger partial charge in [-0.1, -0.05) is 6.07 Å². The van der Waals surface area contributed by atoms with Gasteiger partial charge in [0.2, 0.25) is 0 Å². The van der Waals surface area contributed by atoms with Crippen LogP contribution in [0, 0.1) is 10.1 Å². The maximum absolute atomic E-state index is 13.1. The van der Waals surface area contributed by atoms with Crippen molar-refractivity contribution < 1.29 is 9.72 Å².